The Morgan fingerprint density at radius 3 is 2.81 bits per heavy atom. The lowest BCUT2D eigenvalue weighted by molar-refractivity contribution is -0.133. The Morgan fingerprint density at radius 2 is 2.25 bits per heavy atom. The minimum Gasteiger partial charge on any atom is -0.481 e. The summed E-state index contributed by atoms with van der Waals surface area (Å²) < 4.78 is 1.35. The maximum Gasteiger partial charge on any atom is 0.313 e. The van der Waals surface area contributed by atoms with Crippen molar-refractivity contribution in [2.24, 2.45) is 0 Å². The van der Waals surface area contributed by atoms with Crippen LogP contribution in [0.5, 0.6) is 0 Å². The fourth-order valence-corrected chi connectivity index (χ4v) is 2.15. The highest BCUT2D eigenvalue weighted by Gasteiger charge is 2.12. The number of carbonyl (C=O) groups is 1. The van der Waals surface area contributed by atoms with Crippen molar-refractivity contribution in [2.75, 3.05) is 11.6 Å². The zero-order valence-corrected chi connectivity index (χ0v) is 10.7. The van der Waals surface area contributed by atoms with Crippen LogP contribution in [0.25, 0.3) is 0 Å². The van der Waals surface area contributed by atoms with Crippen molar-refractivity contribution in [1.82, 2.24) is 14.9 Å². The van der Waals surface area contributed by atoms with E-state index in [-0.39, 0.29) is 5.75 Å². The molecular weight excluding hydrogens is 248 g/mol. The smallest absolute Gasteiger partial charge is 0.313 e. The molecule has 0 saturated carbocycles. The largest absolute Gasteiger partial charge is 0.481 e. The second kappa shape index (κ2) is 6.00. The van der Waals surface area contributed by atoms with Gasteiger partial charge in [-0.05, 0) is 5.25 Å². The molecule has 0 aliphatic heterocycles. The summed E-state index contributed by atoms with van der Waals surface area (Å²) in [6.07, 6.45) is 0. The van der Waals surface area contributed by atoms with Gasteiger partial charge in [-0.15, -0.1) is 10.2 Å². The van der Waals surface area contributed by atoms with Crippen LogP contribution in [0.15, 0.2) is 5.16 Å². The monoisotopic (exact) mass is 262 g/mol. The fourth-order valence-electron chi connectivity index (χ4n) is 0.872. The van der Waals surface area contributed by atoms with E-state index in [1.165, 1.54) is 4.68 Å². The molecular formula is C8H14N4O2S2. The van der Waals surface area contributed by atoms with Crippen LogP contribution in [0.3, 0.4) is 0 Å². The summed E-state index contributed by atoms with van der Waals surface area (Å²) in [5.74, 6) is 6.11. The van der Waals surface area contributed by atoms with Gasteiger partial charge in [0.1, 0.15) is 0 Å². The Balaban J connectivity index is 2.57. The van der Waals surface area contributed by atoms with Gasteiger partial charge >= 0.3 is 5.97 Å². The van der Waals surface area contributed by atoms with Gasteiger partial charge in [-0.1, -0.05) is 25.6 Å². The topological polar surface area (TPSA) is 94.0 Å². The summed E-state index contributed by atoms with van der Waals surface area (Å²) >= 11 is 2.77. The molecule has 0 aromatic carbocycles. The highest BCUT2D eigenvalue weighted by Crippen LogP contribution is 2.19. The third kappa shape index (κ3) is 3.93. The van der Waals surface area contributed by atoms with Crippen LogP contribution in [0.4, 0.5) is 0 Å². The van der Waals surface area contributed by atoms with Crippen LogP contribution in [0, 0.1) is 0 Å². The van der Waals surface area contributed by atoms with Gasteiger partial charge < -0.3 is 10.9 Å². The lowest BCUT2D eigenvalue weighted by atomic mass is 10.6. The molecule has 1 heterocycles. The zero-order valence-electron chi connectivity index (χ0n) is 9.08. The van der Waals surface area contributed by atoms with E-state index in [1.54, 1.807) is 11.8 Å². The van der Waals surface area contributed by atoms with Gasteiger partial charge in [0.05, 0.1) is 11.5 Å². The molecule has 0 amide bonds. The maximum absolute atomic E-state index is 10.4. The molecule has 0 unspecified atom stereocenters. The molecule has 0 saturated heterocycles. The zero-order chi connectivity index (χ0) is 12.1. The van der Waals surface area contributed by atoms with Crippen molar-refractivity contribution in [3.05, 3.63) is 5.82 Å². The fraction of sp³-hybridized carbons (Fsp3) is 0.625. The average Bonchev–Trinajstić information content (AvgIpc) is 2.53. The minimum absolute atomic E-state index is 0.0628. The molecule has 90 valence electrons. The van der Waals surface area contributed by atoms with E-state index in [0.29, 0.717) is 22.0 Å². The molecule has 0 bridgehead atoms. The number of nitrogens with zero attached hydrogens (tertiary/aromatic N) is 3. The van der Waals surface area contributed by atoms with Crippen molar-refractivity contribution in [3.8, 4) is 0 Å². The standard InChI is InChI=1S/C8H14N4O2S2/c1-5(2)15-3-6-10-11-8(12(6)9)16-4-7(13)14/h5H,3-4,9H2,1-2H3,(H,13,14). The first-order valence-electron chi connectivity index (χ1n) is 4.66. The number of hydrogen-bond donors (Lipinski definition) is 2. The molecule has 0 fully saturated rings. The quantitative estimate of drug-likeness (QED) is 0.578. The molecule has 16 heavy (non-hydrogen) atoms. The first-order chi connectivity index (χ1) is 7.50. The first-order valence-corrected chi connectivity index (χ1v) is 6.69. The lowest BCUT2D eigenvalue weighted by Gasteiger charge is -2.04. The molecule has 1 aromatic heterocycles. The van der Waals surface area contributed by atoms with Gasteiger partial charge in [-0.3, -0.25) is 4.79 Å². The van der Waals surface area contributed by atoms with Crippen molar-refractivity contribution >= 4 is 29.5 Å². The highest BCUT2D eigenvalue weighted by atomic mass is 32.2. The summed E-state index contributed by atoms with van der Waals surface area (Å²) in [5.41, 5.74) is 0. The van der Waals surface area contributed by atoms with Crippen molar-refractivity contribution in [1.29, 1.82) is 0 Å². The third-order valence-electron chi connectivity index (χ3n) is 1.61. The predicted octanol–water partition coefficient (Wildman–Crippen LogP) is 0.810. The van der Waals surface area contributed by atoms with E-state index in [9.17, 15) is 4.79 Å². The number of carboxylic acid groups (broad SMARTS) is 1. The summed E-state index contributed by atoms with van der Waals surface area (Å²) in [5, 5.41) is 17.2. The normalized spacial score (nSPS) is 10.9. The van der Waals surface area contributed by atoms with Crippen molar-refractivity contribution < 1.29 is 9.90 Å². The van der Waals surface area contributed by atoms with E-state index >= 15 is 0 Å². The molecule has 8 heteroatoms. The minimum atomic E-state index is -0.897. The number of aromatic nitrogens is 3. The Hall–Kier alpha value is -0.890. The second-order valence-electron chi connectivity index (χ2n) is 3.31. The van der Waals surface area contributed by atoms with Gasteiger partial charge in [0, 0.05) is 0 Å². The summed E-state index contributed by atoms with van der Waals surface area (Å²) in [7, 11) is 0. The maximum atomic E-state index is 10.4. The predicted molar refractivity (Wildman–Crippen MR) is 65.0 cm³/mol. The summed E-state index contributed by atoms with van der Waals surface area (Å²) in [6.45, 7) is 4.17. The van der Waals surface area contributed by atoms with Gasteiger partial charge in [-0.25, -0.2) is 4.68 Å². The van der Waals surface area contributed by atoms with Crippen LogP contribution in [-0.4, -0.2) is 37.0 Å². The van der Waals surface area contributed by atoms with E-state index < -0.39 is 5.97 Å². The van der Waals surface area contributed by atoms with Gasteiger partial charge in [0.25, 0.3) is 0 Å². The summed E-state index contributed by atoms with van der Waals surface area (Å²) in [6, 6.07) is 0. The van der Waals surface area contributed by atoms with Crippen molar-refractivity contribution in [3.63, 3.8) is 0 Å². The van der Waals surface area contributed by atoms with Crippen LogP contribution < -0.4 is 5.84 Å². The number of aliphatic carboxylic acids is 1. The molecule has 3 N–H and O–H groups in total. The van der Waals surface area contributed by atoms with Gasteiger partial charge in [-0.2, -0.15) is 11.8 Å². The van der Waals surface area contributed by atoms with Gasteiger partial charge in [0.15, 0.2) is 5.82 Å². The van der Waals surface area contributed by atoms with E-state index in [2.05, 4.69) is 24.0 Å². The average molecular weight is 262 g/mol. The number of nitrogens with two attached hydrogens (primary N) is 1. The number of carboxylic acids is 1. The Morgan fingerprint density at radius 1 is 1.56 bits per heavy atom. The van der Waals surface area contributed by atoms with Crippen LogP contribution in [-0.2, 0) is 10.5 Å². The Bertz CT molecular complexity index is 367. The lowest BCUT2D eigenvalue weighted by Crippen LogP contribution is -2.14. The highest BCUT2D eigenvalue weighted by molar-refractivity contribution is 7.99. The van der Waals surface area contributed by atoms with E-state index in [0.717, 1.165) is 11.8 Å². The molecule has 0 aliphatic rings. The Labute approximate surface area is 102 Å². The number of hydrogen-bond acceptors (Lipinski definition) is 6. The molecule has 0 radical (unpaired) electrons. The second-order valence-corrected chi connectivity index (χ2v) is 5.82. The third-order valence-corrected chi connectivity index (χ3v) is 3.63. The molecule has 0 aliphatic carbocycles. The molecule has 0 spiro atoms. The number of rotatable bonds is 6. The van der Waals surface area contributed by atoms with Crippen LogP contribution in [0.2, 0.25) is 0 Å². The molecule has 1 rings (SSSR count). The molecule has 1 aromatic rings. The molecule has 0 atom stereocenters. The van der Waals surface area contributed by atoms with Crippen LogP contribution >= 0.6 is 23.5 Å². The van der Waals surface area contributed by atoms with Gasteiger partial charge in [0.2, 0.25) is 5.16 Å². The van der Waals surface area contributed by atoms with E-state index in [4.69, 9.17) is 10.9 Å². The summed E-state index contributed by atoms with van der Waals surface area (Å²) in [4.78, 5) is 10.4. The number of nitrogen functional groups attached to an aromatic ring is 1. The first kappa shape index (κ1) is 13.2. The SMILES string of the molecule is CC(C)SCc1nnc(SCC(=O)O)n1N. The molecule has 6 nitrogen and oxygen atoms in total. The van der Waals surface area contributed by atoms with E-state index in [1.807, 2.05) is 0 Å². The Kier molecular flexibility index (Phi) is 4.94. The van der Waals surface area contributed by atoms with Crippen LogP contribution in [0.1, 0.15) is 19.7 Å². The number of thioether (sulfide) groups is 2. The van der Waals surface area contributed by atoms with Crippen molar-refractivity contribution in [2.45, 2.75) is 30.0 Å².